The number of benzene rings is 1. The Morgan fingerprint density at radius 1 is 1.27 bits per heavy atom. The molecule has 0 aliphatic carbocycles. The largest absolute Gasteiger partial charge is 0.236 e. The summed E-state index contributed by atoms with van der Waals surface area (Å²) in [5, 5.41) is 2.11. The summed E-state index contributed by atoms with van der Waals surface area (Å²) in [7, 11) is 0. The third-order valence-corrected chi connectivity index (χ3v) is 3.00. The smallest absolute Gasteiger partial charge is 0.117 e. The van der Waals surface area contributed by atoms with Gasteiger partial charge in [0.25, 0.3) is 0 Å². The van der Waals surface area contributed by atoms with Gasteiger partial charge in [-0.15, -0.1) is 24.1 Å². The molecular formula is C12H10N2S. The lowest BCUT2D eigenvalue weighted by molar-refractivity contribution is 1.10. The first-order valence-corrected chi connectivity index (χ1v) is 5.66. The Kier molecular flexibility index (Phi) is 3.21. The summed E-state index contributed by atoms with van der Waals surface area (Å²) in [6.45, 7) is 0. The quantitative estimate of drug-likeness (QED) is 0.340. The summed E-state index contributed by atoms with van der Waals surface area (Å²) < 4.78 is 0. The molecule has 3 heteroatoms. The van der Waals surface area contributed by atoms with Gasteiger partial charge in [-0.3, -0.25) is 0 Å². The molecule has 0 aliphatic heterocycles. The summed E-state index contributed by atoms with van der Waals surface area (Å²) in [5.41, 5.74) is 0.982. The lowest BCUT2D eigenvalue weighted by Crippen LogP contribution is -1.87. The Labute approximate surface area is 93.1 Å². The van der Waals surface area contributed by atoms with E-state index in [2.05, 4.69) is 15.9 Å². The molecule has 0 N–H and O–H groups in total. The Morgan fingerprint density at radius 2 is 2.13 bits per heavy atom. The zero-order chi connectivity index (χ0) is 10.5. The maximum atomic E-state index is 5.21. The number of terminal acetylenes is 1. The standard InChI is InChI=1S/C12H10N2S/c1-2-3-8-15-12-10-6-4-5-7-11(10)13-9-14-12/h1,4-7,9H,3,8H2. The van der Waals surface area contributed by atoms with Crippen molar-refractivity contribution in [3.8, 4) is 12.3 Å². The fourth-order valence-electron chi connectivity index (χ4n) is 1.30. The number of para-hydroxylation sites is 1. The fourth-order valence-corrected chi connectivity index (χ4v) is 2.16. The highest BCUT2D eigenvalue weighted by Gasteiger charge is 2.02. The Balaban J connectivity index is 2.31. The third kappa shape index (κ3) is 2.28. The van der Waals surface area contributed by atoms with Crippen molar-refractivity contribution >= 4 is 22.7 Å². The molecule has 0 unspecified atom stereocenters. The molecule has 0 atom stereocenters. The molecule has 2 nitrogen and oxygen atoms in total. The predicted molar refractivity (Wildman–Crippen MR) is 63.7 cm³/mol. The number of rotatable bonds is 3. The van der Waals surface area contributed by atoms with Gasteiger partial charge in [-0.2, -0.15) is 0 Å². The van der Waals surface area contributed by atoms with Crippen LogP contribution in [0.4, 0.5) is 0 Å². The molecule has 2 rings (SSSR count). The van der Waals surface area contributed by atoms with Crippen molar-refractivity contribution in [1.82, 2.24) is 9.97 Å². The van der Waals surface area contributed by atoms with E-state index in [0.29, 0.717) is 0 Å². The minimum Gasteiger partial charge on any atom is -0.236 e. The highest BCUT2D eigenvalue weighted by Crippen LogP contribution is 2.24. The first kappa shape index (κ1) is 10.0. The van der Waals surface area contributed by atoms with Gasteiger partial charge in [-0.05, 0) is 6.07 Å². The van der Waals surface area contributed by atoms with Gasteiger partial charge in [-0.25, -0.2) is 9.97 Å². The molecule has 0 bridgehead atoms. The van der Waals surface area contributed by atoms with Gasteiger partial charge in [0.05, 0.1) is 5.52 Å². The van der Waals surface area contributed by atoms with Gasteiger partial charge in [-0.1, -0.05) is 18.2 Å². The SMILES string of the molecule is C#CCCSc1ncnc2ccccc12. The first-order valence-electron chi connectivity index (χ1n) is 4.68. The van der Waals surface area contributed by atoms with Crippen molar-refractivity contribution < 1.29 is 0 Å². The van der Waals surface area contributed by atoms with E-state index < -0.39 is 0 Å². The summed E-state index contributed by atoms with van der Waals surface area (Å²) in [6.07, 6.45) is 7.57. The van der Waals surface area contributed by atoms with Crippen LogP contribution in [0.5, 0.6) is 0 Å². The van der Waals surface area contributed by atoms with Crippen molar-refractivity contribution in [2.45, 2.75) is 11.4 Å². The lowest BCUT2D eigenvalue weighted by Gasteiger charge is -2.02. The molecular weight excluding hydrogens is 204 g/mol. The molecule has 2 aromatic rings. The van der Waals surface area contributed by atoms with Crippen LogP contribution in [0.3, 0.4) is 0 Å². The van der Waals surface area contributed by atoms with Crippen LogP contribution in [0.15, 0.2) is 35.6 Å². The number of nitrogens with zero attached hydrogens (tertiary/aromatic N) is 2. The van der Waals surface area contributed by atoms with Crippen molar-refractivity contribution in [3.05, 3.63) is 30.6 Å². The van der Waals surface area contributed by atoms with E-state index in [1.54, 1.807) is 18.1 Å². The van der Waals surface area contributed by atoms with Gasteiger partial charge in [0.1, 0.15) is 11.4 Å². The zero-order valence-electron chi connectivity index (χ0n) is 8.18. The van der Waals surface area contributed by atoms with Crippen LogP contribution >= 0.6 is 11.8 Å². The van der Waals surface area contributed by atoms with Crippen molar-refractivity contribution in [3.63, 3.8) is 0 Å². The van der Waals surface area contributed by atoms with E-state index in [-0.39, 0.29) is 0 Å². The molecule has 1 aromatic carbocycles. The second-order valence-electron chi connectivity index (χ2n) is 3.00. The highest BCUT2D eigenvalue weighted by atomic mass is 32.2. The minimum atomic E-state index is 0.767. The molecule has 0 saturated carbocycles. The fraction of sp³-hybridized carbons (Fsp3) is 0.167. The molecule has 0 fully saturated rings. The number of hydrogen-bond acceptors (Lipinski definition) is 3. The average Bonchev–Trinajstić information content (AvgIpc) is 2.30. The highest BCUT2D eigenvalue weighted by molar-refractivity contribution is 7.99. The van der Waals surface area contributed by atoms with E-state index in [1.165, 1.54) is 0 Å². The monoisotopic (exact) mass is 214 g/mol. The van der Waals surface area contributed by atoms with Crippen molar-refractivity contribution in [2.24, 2.45) is 0 Å². The molecule has 15 heavy (non-hydrogen) atoms. The summed E-state index contributed by atoms with van der Waals surface area (Å²) in [4.78, 5) is 8.47. The van der Waals surface area contributed by atoms with E-state index >= 15 is 0 Å². The molecule has 0 amide bonds. The van der Waals surface area contributed by atoms with Crippen LogP contribution in [0.1, 0.15) is 6.42 Å². The van der Waals surface area contributed by atoms with Crippen LogP contribution in [-0.2, 0) is 0 Å². The number of thioether (sulfide) groups is 1. The van der Waals surface area contributed by atoms with Crippen LogP contribution in [0, 0.1) is 12.3 Å². The number of fused-ring (bicyclic) bond motifs is 1. The first-order chi connectivity index (χ1) is 7.42. The lowest BCUT2D eigenvalue weighted by atomic mass is 10.2. The van der Waals surface area contributed by atoms with Crippen LogP contribution in [0.2, 0.25) is 0 Å². The van der Waals surface area contributed by atoms with Gasteiger partial charge in [0.15, 0.2) is 0 Å². The Morgan fingerprint density at radius 3 is 3.00 bits per heavy atom. The molecule has 0 radical (unpaired) electrons. The third-order valence-electron chi connectivity index (χ3n) is 1.99. The van der Waals surface area contributed by atoms with E-state index in [4.69, 9.17) is 6.42 Å². The predicted octanol–water partition coefficient (Wildman–Crippen LogP) is 2.75. The van der Waals surface area contributed by atoms with Gasteiger partial charge < -0.3 is 0 Å². The molecule has 1 aromatic heterocycles. The van der Waals surface area contributed by atoms with E-state index in [9.17, 15) is 0 Å². The molecule has 0 spiro atoms. The average molecular weight is 214 g/mol. The second kappa shape index (κ2) is 4.81. The summed E-state index contributed by atoms with van der Waals surface area (Å²) in [5.74, 6) is 3.52. The summed E-state index contributed by atoms with van der Waals surface area (Å²) in [6, 6.07) is 8.00. The van der Waals surface area contributed by atoms with Crippen LogP contribution < -0.4 is 0 Å². The van der Waals surface area contributed by atoms with Crippen molar-refractivity contribution in [2.75, 3.05) is 5.75 Å². The van der Waals surface area contributed by atoms with E-state index in [1.807, 2.05) is 24.3 Å². The van der Waals surface area contributed by atoms with Gasteiger partial charge >= 0.3 is 0 Å². The maximum absolute atomic E-state index is 5.21. The zero-order valence-corrected chi connectivity index (χ0v) is 9.00. The van der Waals surface area contributed by atoms with E-state index in [0.717, 1.165) is 28.1 Å². The number of hydrogen-bond donors (Lipinski definition) is 0. The molecule has 0 saturated heterocycles. The van der Waals surface area contributed by atoms with Crippen molar-refractivity contribution in [1.29, 1.82) is 0 Å². The minimum absolute atomic E-state index is 0.767. The maximum Gasteiger partial charge on any atom is 0.117 e. The van der Waals surface area contributed by atoms with Crippen LogP contribution in [0.25, 0.3) is 10.9 Å². The molecule has 1 heterocycles. The Hall–Kier alpha value is -1.53. The second-order valence-corrected chi connectivity index (χ2v) is 4.08. The summed E-state index contributed by atoms with van der Waals surface area (Å²) >= 11 is 1.68. The van der Waals surface area contributed by atoms with Crippen LogP contribution in [-0.4, -0.2) is 15.7 Å². The Bertz CT molecular complexity index is 497. The normalized spacial score (nSPS) is 10.1. The topological polar surface area (TPSA) is 25.8 Å². The molecule has 0 aliphatic rings. The number of aromatic nitrogens is 2. The van der Waals surface area contributed by atoms with Gasteiger partial charge in [0.2, 0.25) is 0 Å². The van der Waals surface area contributed by atoms with Gasteiger partial charge in [0, 0.05) is 17.6 Å². The molecule has 74 valence electrons.